The standard InChI is InChI=1S/C27H30FN9O3S/c1-16-30-23(14-25(31-16)37-8-6-36(7-9-37)10-11-38)34-27-29-15-22(41-27)18-4-5-20(19(28)12-18)32-26(39)33-24-13-21(40-35-24)17-2-3-17/h4-5,12-15,17,38H,2-3,6-11H2,1H3,(H,29,30,31,34)(H2,32,33,35,39). The number of nitrogens with one attached hydrogen (secondary N) is 3. The summed E-state index contributed by atoms with van der Waals surface area (Å²) in [6.07, 6.45) is 3.78. The Labute approximate surface area is 239 Å². The van der Waals surface area contributed by atoms with Gasteiger partial charge in [0.15, 0.2) is 10.9 Å². The summed E-state index contributed by atoms with van der Waals surface area (Å²) in [6.45, 7) is 6.04. The molecule has 1 aliphatic carbocycles. The minimum Gasteiger partial charge on any atom is -0.395 e. The van der Waals surface area contributed by atoms with E-state index < -0.39 is 11.8 Å². The normalized spacial score (nSPS) is 15.6. The number of rotatable bonds is 9. The van der Waals surface area contributed by atoms with E-state index in [1.807, 2.05) is 13.0 Å². The third-order valence-electron chi connectivity index (χ3n) is 6.93. The number of carbonyl (C=O) groups is 1. The lowest BCUT2D eigenvalue weighted by Crippen LogP contribution is -2.47. The largest absolute Gasteiger partial charge is 0.395 e. The molecule has 6 rings (SSSR count). The number of aliphatic hydroxyl groups excluding tert-OH is 1. The molecule has 2 fully saturated rings. The van der Waals surface area contributed by atoms with Gasteiger partial charge < -0.3 is 25.2 Å². The van der Waals surface area contributed by atoms with Crippen molar-refractivity contribution in [2.24, 2.45) is 0 Å². The first-order chi connectivity index (χ1) is 19.9. The molecule has 0 spiro atoms. The molecule has 1 saturated heterocycles. The average Bonchev–Trinajstić information content (AvgIpc) is 3.53. The summed E-state index contributed by atoms with van der Waals surface area (Å²) >= 11 is 1.36. The van der Waals surface area contributed by atoms with Gasteiger partial charge in [0.05, 0.1) is 17.2 Å². The SMILES string of the molecule is Cc1nc(Nc2ncc(-c3ccc(NC(=O)Nc4cc(C5CC5)on4)c(F)c3)s2)cc(N2CCN(CCO)CC2)n1. The summed E-state index contributed by atoms with van der Waals surface area (Å²) in [5.41, 5.74) is 0.672. The maximum Gasteiger partial charge on any atom is 0.325 e. The minimum absolute atomic E-state index is 0.0428. The zero-order valence-electron chi connectivity index (χ0n) is 22.4. The van der Waals surface area contributed by atoms with Crippen LogP contribution in [-0.4, -0.2) is 75.5 Å². The number of aromatic nitrogens is 4. The Morgan fingerprint density at radius 1 is 1.12 bits per heavy atom. The second-order valence-corrected chi connectivity index (χ2v) is 11.1. The van der Waals surface area contributed by atoms with Crippen molar-refractivity contribution in [2.75, 3.05) is 60.2 Å². The molecule has 0 atom stereocenters. The minimum atomic E-state index is -0.608. The van der Waals surface area contributed by atoms with Gasteiger partial charge in [-0.15, -0.1) is 0 Å². The highest BCUT2D eigenvalue weighted by molar-refractivity contribution is 7.18. The fourth-order valence-corrected chi connectivity index (χ4v) is 5.46. The van der Waals surface area contributed by atoms with Crippen molar-refractivity contribution in [3.8, 4) is 10.4 Å². The topological polar surface area (TPSA) is 145 Å². The number of benzene rings is 1. The van der Waals surface area contributed by atoms with Crippen molar-refractivity contribution in [2.45, 2.75) is 25.7 Å². The van der Waals surface area contributed by atoms with Crippen LogP contribution in [0.1, 0.15) is 30.3 Å². The Hall–Kier alpha value is -4.14. The van der Waals surface area contributed by atoms with Gasteiger partial charge in [0.2, 0.25) is 0 Å². The van der Waals surface area contributed by atoms with Crippen molar-refractivity contribution >= 4 is 45.6 Å². The summed E-state index contributed by atoms with van der Waals surface area (Å²) in [7, 11) is 0. The molecule has 0 unspecified atom stereocenters. The van der Waals surface area contributed by atoms with Gasteiger partial charge in [-0.1, -0.05) is 22.6 Å². The van der Waals surface area contributed by atoms with E-state index in [1.165, 1.54) is 23.5 Å². The van der Waals surface area contributed by atoms with Gasteiger partial charge in [0.1, 0.15) is 29.0 Å². The molecule has 2 aliphatic rings. The quantitative estimate of drug-likeness (QED) is 0.225. The third kappa shape index (κ3) is 6.61. The zero-order valence-corrected chi connectivity index (χ0v) is 23.2. The summed E-state index contributed by atoms with van der Waals surface area (Å²) < 4.78 is 20.1. The lowest BCUT2D eigenvalue weighted by atomic mass is 10.2. The van der Waals surface area contributed by atoms with E-state index in [2.05, 4.69) is 45.9 Å². The molecule has 41 heavy (non-hydrogen) atoms. The monoisotopic (exact) mass is 579 g/mol. The molecule has 1 aliphatic heterocycles. The smallest absolute Gasteiger partial charge is 0.325 e. The number of β-amino-alcohol motifs (C(OH)–C–C–N with tert-alkyl or cyclic N) is 1. The number of amides is 2. The fraction of sp³-hybridized carbons (Fsp3) is 0.370. The van der Waals surface area contributed by atoms with E-state index in [1.54, 1.807) is 18.3 Å². The van der Waals surface area contributed by atoms with Crippen molar-refractivity contribution in [1.82, 2.24) is 25.0 Å². The number of aryl methyl sites for hydroxylation is 1. The molecule has 0 radical (unpaired) electrons. The number of hydrogen-bond donors (Lipinski definition) is 4. The zero-order chi connectivity index (χ0) is 28.3. The van der Waals surface area contributed by atoms with Gasteiger partial charge in [-0.3, -0.25) is 10.2 Å². The molecule has 1 aromatic carbocycles. The Morgan fingerprint density at radius 2 is 1.95 bits per heavy atom. The predicted octanol–water partition coefficient (Wildman–Crippen LogP) is 4.41. The maximum atomic E-state index is 14.9. The van der Waals surface area contributed by atoms with E-state index in [-0.39, 0.29) is 18.1 Å². The molecule has 0 bridgehead atoms. The van der Waals surface area contributed by atoms with Gasteiger partial charge in [-0.2, -0.15) is 0 Å². The fourth-order valence-electron chi connectivity index (χ4n) is 4.64. The lowest BCUT2D eigenvalue weighted by Gasteiger charge is -2.35. The van der Waals surface area contributed by atoms with Gasteiger partial charge >= 0.3 is 6.03 Å². The molecule has 14 heteroatoms. The Kier molecular flexibility index (Phi) is 7.76. The van der Waals surface area contributed by atoms with Crippen LogP contribution in [0, 0.1) is 12.7 Å². The highest BCUT2D eigenvalue weighted by atomic mass is 32.1. The molecule has 1 saturated carbocycles. The van der Waals surface area contributed by atoms with E-state index in [4.69, 9.17) is 4.52 Å². The van der Waals surface area contributed by atoms with Crippen LogP contribution in [0.25, 0.3) is 10.4 Å². The van der Waals surface area contributed by atoms with Crippen LogP contribution in [0.15, 0.2) is 41.1 Å². The number of hydrogen-bond acceptors (Lipinski definition) is 11. The van der Waals surface area contributed by atoms with Crippen LogP contribution in [-0.2, 0) is 0 Å². The number of aliphatic hydroxyl groups is 1. The number of nitrogens with zero attached hydrogens (tertiary/aromatic N) is 6. The van der Waals surface area contributed by atoms with Gasteiger partial charge in [0, 0.05) is 57.0 Å². The van der Waals surface area contributed by atoms with E-state index in [0.29, 0.717) is 34.8 Å². The second-order valence-electron chi connectivity index (χ2n) is 10.0. The predicted molar refractivity (Wildman–Crippen MR) is 154 cm³/mol. The highest BCUT2D eigenvalue weighted by Gasteiger charge is 2.28. The number of carbonyl (C=O) groups excluding carboxylic acids is 1. The molecular weight excluding hydrogens is 549 g/mol. The average molecular weight is 580 g/mol. The van der Waals surface area contributed by atoms with Crippen molar-refractivity contribution in [1.29, 1.82) is 0 Å². The summed E-state index contributed by atoms with van der Waals surface area (Å²) in [5.74, 6) is 2.94. The van der Waals surface area contributed by atoms with Gasteiger partial charge in [0.25, 0.3) is 0 Å². The summed E-state index contributed by atoms with van der Waals surface area (Å²) in [4.78, 5) is 31.1. The molecule has 4 N–H and O–H groups in total. The maximum absolute atomic E-state index is 14.9. The van der Waals surface area contributed by atoms with Crippen molar-refractivity contribution in [3.63, 3.8) is 0 Å². The summed E-state index contributed by atoms with van der Waals surface area (Å²) in [6, 6.07) is 7.57. The number of urea groups is 1. The van der Waals surface area contributed by atoms with Crippen LogP contribution < -0.4 is 20.9 Å². The van der Waals surface area contributed by atoms with E-state index in [9.17, 15) is 14.3 Å². The molecular formula is C27H30FN9O3S. The number of anilines is 5. The number of piperazine rings is 1. The van der Waals surface area contributed by atoms with Crippen LogP contribution in [0.2, 0.25) is 0 Å². The third-order valence-corrected chi connectivity index (χ3v) is 7.89. The van der Waals surface area contributed by atoms with Crippen LogP contribution in [0.3, 0.4) is 0 Å². The number of halogens is 1. The number of thiazole rings is 1. The highest BCUT2D eigenvalue weighted by Crippen LogP contribution is 2.40. The van der Waals surface area contributed by atoms with E-state index >= 15 is 0 Å². The Morgan fingerprint density at radius 3 is 2.71 bits per heavy atom. The molecule has 2 amide bonds. The molecule has 214 valence electrons. The van der Waals surface area contributed by atoms with Gasteiger partial charge in [-0.05, 0) is 37.5 Å². The van der Waals surface area contributed by atoms with Crippen LogP contribution in [0.5, 0.6) is 0 Å². The van der Waals surface area contributed by atoms with Gasteiger partial charge in [-0.25, -0.2) is 24.1 Å². The van der Waals surface area contributed by atoms with Crippen LogP contribution in [0.4, 0.5) is 37.5 Å². The first-order valence-electron chi connectivity index (χ1n) is 13.4. The first kappa shape index (κ1) is 27.1. The molecule has 12 nitrogen and oxygen atoms in total. The summed E-state index contributed by atoms with van der Waals surface area (Å²) in [5, 5.41) is 21.9. The van der Waals surface area contributed by atoms with E-state index in [0.717, 1.165) is 55.5 Å². The molecule has 4 heterocycles. The van der Waals surface area contributed by atoms with Crippen molar-refractivity contribution in [3.05, 3.63) is 53.9 Å². The first-order valence-corrected chi connectivity index (χ1v) is 14.3. The lowest BCUT2D eigenvalue weighted by molar-refractivity contribution is 0.188. The molecule has 3 aromatic heterocycles. The molecule has 4 aromatic rings. The Balaban J connectivity index is 1.08. The van der Waals surface area contributed by atoms with Crippen LogP contribution >= 0.6 is 11.3 Å². The Bertz CT molecular complexity index is 1530. The van der Waals surface area contributed by atoms with Crippen molar-refractivity contribution < 1.29 is 18.8 Å². The second kappa shape index (κ2) is 11.8.